The first-order valence-corrected chi connectivity index (χ1v) is 11.9. The van der Waals surface area contributed by atoms with E-state index < -0.39 is 12.1 Å². The molecular formula is C23H36N4O4. The first-order valence-electron chi connectivity index (χ1n) is 11.9. The third-order valence-electron chi connectivity index (χ3n) is 8.05. The highest BCUT2D eigenvalue weighted by Crippen LogP contribution is 2.64. The molecule has 3 heterocycles. The van der Waals surface area contributed by atoms with Gasteiger partial charge in [0, 0.05) is 19.0 Å². The maximum absolute atomic E-state index is 13.3. The maximum Gasteiger partial charge on any atom is 0.243 e. The second-order valence-electron chi connectivity index (χ2n) is 10.4. The summed E-state index contributed by atoms with van der Waals surface area (Å²) in [5.41, 5.74) is 0.0312. The normalized spacial score (nSPS) is 33.2. The number of amides is 3. The predicted molar refractivity (Wildman–Crippen MR) is 115 cm³/mol. The van der Waals surface area contributed by atoms with Crippen LogP contribution in [0.2, 0.25) is 0 Å². The monoisotopic (exact) mass is 432 g/mol. The van der Waals surface area contributed by atoms with E-state index in [0.29, 0.717) is 38.4 Å². The molecule has 0 bridgehead atoms. The molecule has 2 N–H and O–H groups in total. The van der Waals surface area contributed by atoms with Crippen LogP contribution in [0.3, 0.4) is 0 Å². The van der Waals surface area contributed by atoms with E-state index in [-0.39, 0.29) is 35.0 Å². The summed E-state index contributed by atoms with van der Waals surface area (Å²) in [5, 5.41) is 5.63. The lowest BCUT2D eigenvalue weighted by molar-refractivity contribution is -0.141. The van der Waals surface area contributed by atoms with Crippen molar-refractivity contribution in [3.05, 3.63) is 0 Å². The Morgan fingerprint density at radius 3 is 2.55 bits per heavy atom. The van der Waals surface area contributed by atoms with Gasteiger partial charge in [0.1, 0.15) is 12.3 Å². The number of hydrogen-bond donors (Lipinski definition) is 2. The minimum atomic E-state index is -0.704. The van der Waals surface area contributed by atoms with Gasteiger partial charge in [-0.05, 0) is 56.0 Å². The Kier molecular flexibility index (Phi) is 6.37. The lowest BCUT2D eigenvalue weighted by Gasteiger charge is -2.32. The van der Waals surface area contributed by atoms with Crippen LogP contribution in [0.25, 0.3) is 0 Å². The van der Waals surface area contributed by atoms with E-state index in [4.69, 9.17) is 0 Å². The molecule has 172 valence electrons. The molecule has 1 saturated carbocycles. The van der Waals surface area contributed by atoms with Crippen LogP contribution in [0.15, 0.2) is 0 Å². The van der Waals surface area contributed by atoms with Crippen molar-refractivity contribution >= 4 is 24.0 Å². The van der Waals surface area contributed by atoms with Crippen LogP contribution in [-0.2, 0) is 19.2 Å². The van der Waals surface area contributed by atoms with E-state index in [1.807, 2.05) is 0 Å². The maximum atomic E-state index is 13.3. The van der Waals surface area contributed by atoms with Crippen molar-refractivity contribution in [3.8, 4) is 0 Å². The molecule has 4 fully saturated rings. The first-order chi connectivity index (χ1) is 14.8. The number of nitrogens with zero attached hydrogens (tertiary/aromatic N) is 2. The molecule has 1 aliphatic carbocycles. The molecule has 31 heavy (non-hydrogen) atoms. The molecule has 0 unspecified atom stereocenters. The van der Waals surface area contributed by atoms with Gasteiger partial charge in [0.15, 0.2) is 0 Å². The first kappa shape index (κ1) is 22.2. The number of likely N-dealkylation sites (tertiary alicyclic amines) is 2. The highest BCUT2D eigenvalue weighted by atomic mass is 16.2. The summed E-state index contributed by atoms with van der Waals surface area (Å²) in [4.78, 5) is 53.9. The molecule has 3 amide bonds. The highest BCUT2D eigenvalue weighted by Gasteiger charge is 2.69. The Balaban J connectivity index is 1.41. The van der Waals surface area contributed by atoms with Crippen molar-refractivity contribution in [3.63, 3.8) is 0 Å². The third-order valence-corrected chi connectivity index (χ3v) is 8.05. The molecule has 0 radical (unpaired) electrons. The van der Waals surface area contributed by atoms with Crippen molar-refractivity contribution in [1.29, 1.82) is 0 Å². The van der Waals surface area contributed by atoms with Crippen molar-refractivity contribution in [2.24, 2.45) is 23.2 Å². The Bertz CT molecular complexity index is 731. The molecule has 8 nitrogen and oxygen atoms in total. The number of rotatable bonds is 7. The summed E-state index contributed by atoms with van der Waals surface area (Å²) in [6.45, 7) is 7.76. The average Bonchev–Trinajstić information content (AvgIpc) is 2.99. The van der Waals surface area contributed by atoms with Crippen molar-refractivity contribution in [2.45, 2.75) is 64.5 Å². The number of aldehydes is 1. The molecule has 3 aliphatic heterocycles. The Labute approximate surface area is 184 Å². The Morgan fingerprint density at radius 1 is 1.23 bits per heavy atom. The van der Waals surface area contributed by atoms with Crippen molar-refractivity contribution in [1.82, 2.24) is 20.4 Å². The van der Waals surface area contributed by atoms with Gasteiger partial charge in [-0.3, -0.25) is 19.3 Å². The van der Waals surface area contributed by atoms with Crippen LogP contribution < -0.4 is 10.6 Å². The molecule has 0 spiro atoms. The molecule has 5 atom stereocenters. The fourth-order valence-electron chi connectivity index (χ4n) is 6.01. The number of carbonyl (C=O) groups excluding carboxylic acids is 4. The van der Waals surface area contributed by atoms with Crippen molar-refractivity contribution in [2.75, 3.05) is 32.7 Å². The van der Waals surface area contributed by atoms with Crippen LogP contribution >= 0.6 is 0 Å². The minimum Gasteiger partial charge on any atom is -0.356 e. The number of carbonyl (C=O) groups is 4. The predicted octanol–water partition coefficient (Wildman–Crippen LogP) is 0.555. The fraction of sp³-hybridized carbons (Fsp3) is 0.826. The molecule has 3 saturated heterocycles. The van der Waals surface area contributed by atoms with Gasteiger partial charge >= 0.3 is 0 Å². The summed E-state index contributed by atoms with van der Waals surface area (Å²) >= 11 is 0. The summed E-state index contributed by atoms with van der Waals surface area (Å²) in [7, 11) is 0. The molecule has 0 aromatic heterocycles. The molecule has 8 heteroatoms. The van der Waals surface area contributed by atoms with Gasteiger partial charge in [0.05, 0.1) is 12.6 Å². The average molecular weight is 433 g/mol. The zero-order valence-corrected chi connectivity index (χ0v) is 18.8. The Hall–Kier alpha value is -1.96. The van der Waals surface area contributed by atoms with E-state index >= 15 is 0 Å². The number of nitrogens with one attached hydrogen (secondary N) is 2. The Morgan fingerprint density at radius 2 is 1.94 bits per heavy atom. The summed E-state index contributed by atoms with van der Waals surface area (Å²) < 4.78 is 0. The summed E-state index contributed by atoms with van der Waals surface area (Å²) in [6, 6.07) is -1.23. The van der Waals surface area contributed by atoms with Crippen molar-refractivity contribution < 1.29 is 19.2 Å². The lowest BCUT2D eigenvalue weighted by atomic mass is 9.97. The van der Waals surface area contributed by atoms with Gasteiger partial charge in [-0.25, -0.2) is 0 Å². The minimum absolute atomic E-state index is 0.0165. The summed E-state index contributed by atoms with van der Waals surface area (Å²) in [6.07, 6.45) is 6.37. The van der Waals surface area contributed by atoms with Crippen LogP contribution in [0, 0.1) is 23.2 Å². The molecule has 0 aromatic rings. The third kappa shape index (κ3) is 4.49. The SMILES string of the molecule is CC1(C)[C@@H]2[C@@H](C(=O)N[C@H](C=O)C[C@@H]3CCNC3=O)N(C(=O)CN3CCCCCC3)C[C@@H]21. The van der Waals surface area contributed by atoms with E-state index in [1.165, 1.54) is 12.8 Å². The van der Waals surface area contributed by atoms with Crippen LogP contribution in [0.1, 0.15) is 52.4 Å². The molecule has 4 aliphatic rings. The van der Waals surface area contributed by atoms with Gasteiger partial charge < -0.3 is 20.3 Å². The second kappa shape index (κ2) is 8.88. The van der Waals surface area contributed by atoms with Gasteiger partial charge in [-0.2, -0.15) is 0 Å². The smallest absolute Gasteiger partial charge is 0.243 e. The topological polar surface area (TPSA) is 98.8 Å². The van der Waals surface area contributed by atoms with Crippen LogP contribution in [-0.4, -0.2) is 78.6 Å². The largest absolute Gasteiger partial charge is 0.356 e. The second-order valence-corrected chi connectivity index (χ2v) is 10.4. The van der Waals surface area contributed by atoms with E-state index in [9.17, 15) is 19.2 Å². The standard InChI is InChI=1S/C23H36N4O4/c1-23(2)17-12-27(18(29)13-26-9-5-3-4-6-10-26)20(19(17)23)22(31)25-16(14-28)11-15-7-8-24-21(15)30/h14-17,19-20H,3-13H2,1-2H3,(H,24,30)(H,25,31)/t15-,16-,17-,19-,20-/m0/s1. The van der Waals surface area contributed by atoms with Gasteiger partial charge in [0.2, 0.25) is 17.7 Å². The van der Waals surface area contributed by atoms with Gasteiger partial charge in [-0.15, -0.1) is 0 Å². The number of hydrogen-bond acceptors (Lipinski definition) is 5. The quantitative estimate of drug-likeness (QED) is 0.573. The van der Waals surface area contributed by atoms with Gasteiger partial charge in [0.25, 0.3) is 0 Å². The lowest BCUT2D eigenvalue weighted by Crippen LogP contribution is -2.54. The molecular weight excluding hydrogens is 396 g/mol. The van der Waals surface area contributed by atoms with E-state index in [2.05, 4.69) is 29.4 Å². The summed E-state index contributed by atoms with van der Waals surface area (Å²) in [5.74, 6) is -0.0838. The zero-order valence-electron chi connectivity index (χ0n) is 18.8. The number of fused-ring (bicyclic) bond motifs is 1. The van der Waals surface area contributed by atoms with Crippen LogP contribution in [0.4, 0.5) is 0 Å². The highest BCUT2D eigenvalue weighted by molar-refractivity contribution is 5.91. The van der Waals surface area contributed by atoms with Gasteiger partial charge in [-0.1, -0.05) is 26.7 Å². The zero-order chi connectivity index (χ0) is 22.2. The molecule has 0 aromatic carbocycles. The van der Waals surface area contributed by atoms with E-state index in [0.717, 1.165) is 32.2 Å². The van der Waals surface area contributed by atoms with E-state index in [1.54, 1.807) is 4.90 Å². The molecule has 4 rings (SSSR count). The van der Waals surface area contributed by atoms with Crippen LogP contribution in [0.5, 0.6) is 0 Å². The fourth-order valence-corrected chi connectivity index (χ4v) is 6.01. The number of piperidine rings is 1.